The molecule has 1 aromatic carbocycles. The molecule has 29 heavy (non-hydrogen) atoms. The molecule has 0 saturated heterocycles. The van der Waals surface area contributed by atoms with Crippen LogP contribution in [0.15, 0.2) is 69.9 Å². The van der Waals surface area contributed by atoms with Crippen LogP contribution in [0.2, 0.25) is 0 Å². The van der Waals surface area contributed by atoms with Gasteiger partial charge < -0.3 is 15.2 Å². The Morgan fingerprint density at radius 3 is 2.00 bits per heavy atom. The molecule has 0 aliphatic heterocycles. The lowest BCUT2D eigenvalue weighted by Gasteiger charge is -2.06. The molecule has 3 rings (SSSR count). The molecule has 0 spiro atoms. The zero-order chi connectivity index (χ0) is 21.2. The molecule has 0 atom stereocenters. The molecule has 0 aliphatic carbocycles. The lowest BCUT2D eigenvalue weighted by atomic mass is 10.2. The van der Waals surface area contributed by atoms with Gasteiger partial charge in [0.2, 0.25) is 0 Å². The van der Waals surface area contributed by atoms with Crippen molar-refractivity contribution in [1.29, 1.82) is 0 Å². The third-order valence-electron chi connectivity index (χ3n) is 3.51. The van der Waals surface area contributed by atoms with Crippen molar-refractivity contribution in [3.63, 3.8) is 0 Å². The number of nitrogens with zero attached hydrogens (tertiary/aromatic N) is 2. The monoisotopic (exact) mass is 521 g/mol. The van der Waals surface area contributed by atoms with Gasteiger partial charge in [0.15, 0.2) is 0 Å². The number of rotatable bonds is 5. The molecule has 0 fully saturated rings. The molecule has 0 aliphatic rings. The number of benzene rings is 1. The number of hydrogen-bond donors (Lipinski definition) is 2. The minimum Gasteiger partial charge on any atom is -0.497 e. The Kier molecular flexibility index (Phi) is 8.75. The Labute approximate surface area is 184 Å². The quantitative estimate of drug-likeness (QED) is 0.517. The summed E-state index contributed by atoms with van der Waals surface area (Å²) in [7, 11) is 1.62. The maximum atomic E-state index is 11.9. The number of nitrogens with one attached hydrogen (secondary N) is 1. The van der Waals surface area contributed by atoms with Gasteiger partial charge in [-0.05, 0) is 42.0 Å². The normalized spacial score (nSPS) is 9.76. The zero-order valence-corrected chi connectivity index (χ0v) is 18.5. The summed E-state index contributed by atoms with van der Waals surface area (Å²) in [6.07, 6.45) is 3.03. The molecule has 0 saturated carbocycles. The van der Waals surface area contributed by atoms with E-state index in [-0.39, 0.29) is 11.6 Å². The fourth-order valence-electron chi connectivity index (χ4n) is 2.07. The topological polar surface area (TPSA) is 101 Å². The molecule has 2 aromatic heterocycles. The van der Waals surface area contributed by atoms with E-state index in [9.17, 15) is 9.59 Å². The van der Waals surface area contributed by atoms with Crippen molar-refractivity contribution in [2.45, 2.75) is 6.54 Å². The first-order valence-electron chi connectivity index (χ1n) is 8.26. The second kappa shape index (κ2) is 11.3. The molecule has 150 valence electrons. The van der Waals surface area contributed by atoms with Crippen molar-refractivity contribution in [2.24, 2.45) is 0 Å². The summed E-state index contributed by atoms with van der Waals surface area (Å²) >= 11 is 6.44. The van der Waals surface area contributed by atoms with E-state index in [0.29, 0.717) is 12.2 Å². The number of carbonyl (C=O) groups is 2. The van der Waals surface area contributed by atoms with Crippen molar-refractivity contribution in [1.82, 2.24) is 15.3 Å². The third kappa shape index (κ3) is 7.63. The summed E-state index contributed by atoms with van der Waals surface area (Å²) < 4.78 is 6.63. The van der Waals surface area contributed by atoms with Gasteiger partial charge >= 0.3 is 5.97 Å². The minimum absolute atomic E-state index is 0.0503. The summed E-state index contributed by atoms with van der Waals surface area (Å²) in [4.78, 5) is 29.8. The lowest BCUT2D eigenvalue weighted by molar-refractivity contribution is 0.0690. The van der Waals surface area contributed by atoms with Crippen LogP contribution in [0.4, 0.5) is 0 Å². The van der Waals surface area contributed by atoms with Gasteiger partial charge in [0.1, 0.15) is 17.1 Å². The summed E-state index contributed by atoms with van der Waals surface area (Å²) in [6.45, 7) is 0.455. The molecular formula is C20H17Br2N3O4. The van der Waals surface area contributed by atoms with Crippen molar-refractivity contribution in [3.8, 4) is 5.75 Å². The number of amides is 1. The first-order valence-corrected chi connectivity index (χ1v) is 9.85. The van der Waals surface area contributed by atoms with Crippen LogP contribution < -0.4 is 10.1 Å². The summed E-state index contributed by atoms with van der Waals surface area (Å²) in [5.41, 5.74) is 1.45. The molecule has 3 aromatic rings. The van der Waals surface area contributed by atoms with Crippen molar-refractivity contribution in [3.05, 3.63) is 86.8 Å². The number of hydrogen-bond acceptors (Lipinski definition) is 5. The Bertz CT molecular complexity index is 981. The van der Waals surface area contributed by atoms with E-state index in [1.807, 2.05) is 24.3 Å². The number of pyridine rings is 2. The SMILES string of the molecule is COc1ccc(CNC(=O)c2cc(Br)ccn2)cc1.O=C(O)c1cc(Br)ccn1. The molecule has 7 nitrogen and oxygen atoms in total. The number of ether oxygens (including phenoxy) is 1. The fourth-order valence-corrected chi connectivity index (χ4v) is 2.74. The average molecular weight is 523 g/mol. The van der Waals surface area contributed by atoms with Crippen LogP contribution in [0.5, 0.6) is 5.75 Å². The second-order valence-corrected chi connectivity index (χ2v) is 7.39. The van der Waals surface area contributed by atoms with Crippen LogP contribution in [-0.2, 0) is 6.54 Å². The number of carbonyl (C=O) groups excluding carboxylic acids is 1. The van der Waals surface area contributed by atoms with Gasteiger partial charge in [-0.3, -0.25) is 9.78 Å². The molecule has 9 heteroatoms. The Morgan fingerprint density at radius 2 is 1.52 bits per heavy atom. The Hall–Kier alpha value is -2.78. The lowest BCUT2D eigenvalue weighted by Crippen LogP contribution is -2.23. The van der Waals surface area contributed by atoms with Crippen LogP contribution in [0.25, 0.3) is 0 Å². The van der Waals surface area contributed by atoms with Gasteiger partial charge in [-0.1, -0.05) is 44.0 Å². The van der Waals surface area contributed by atoms with Crippen molar-refractivity contribution in [2.75, 3.05) is 7.11 Å². The number of carboxylic acids is 1. The van der Waals surface area contributed by atoms with Gasteiger partial charge in [-0.2, -0.15) is 0 Å². The maximum absolute atomic E-state index is 11.9. The van der Waals surface area contributed by atoms with Crippen molar-refractivity contribution < 1.29 is 19.4 Å². The van der Waals surface area contributed by atoms with E-state index < -0.39 is 5.97 Å². The highest BCUT2D eigenvalue weighted by Crippen LogP contribution is 2.12. The maximum Gasteiger partial charge on any atom is 0.354 e. The predicted octanol–water partition coefficient (Wildman–Crippen LogP) is 4.33. The third-order valence-corrected chi connectivity index (χ3v) is 4.49. The Morgan fingerprint density at radius 1 is 0.966 bits per heavy atom. The van der Waals surface area contributed by atoms with Crippen LogP contribution in [0.3, 0.4) is 0 Å². The summed E-state index contributed by atoms with van der Waals surface area (Å²) in [6, 6.07) is 14.1. The zero-order valence-electron chi connectivity index (χ0n) is 15.3. The first kappa shape index (κ1) is 22.5. The van der Waals surface area contributed by atoms with E-state index in [0.717, 1.165) is 20.3 Å². The van der Waals surface area contributed by atoms with E-state index in [1.54, 1.807) is 31.5 Å². The average Bonchev–Trinajstić information content (AvgIpc) is 2.73. The first-order chi connectivity index (χ1) is 13.9. The van der Waals surface area contributed by atoms with E-state index >= 15 is 0 Å². The number of carboxylic acid groups (broad SMARTS) is 1. The molecule has 1 amide bonds. The van der Waals surface area contributed by atoms with Gasteiger partial charge in [-0.25, -0.2) is 9.78 Å². The summed E-state index contributed by atoms with van der Waals surface area (Å²) in [5, 5.41) is 11.2. The number of halogens is 2. The number of aromatic carboxylic acids is 1. The van der Waals surface area contributed by atoms with E-state index in [4.69, 9.17) is 9.84 Å². The Balaban J connectivity index is 0.000000253. The molecule has 2 N–H and O–H groups in total. The van der Waals surface area contributed by atoms with Crippen molar-refractivity contribution >= 4 is 43.7 Å². The second-order valence-electron chi connectivity index (χ2n) is 5.55. The fraction of sp³-hybridized carbons (Fsp3) is 0.100. The highest BCUT2D eigenvalue weighted by molar-refractivity contribution is 9.10. The highest BCUT2D eigenvalue weighted by atomic mass is 79.9. The van der Waals surface area contributed by atoms with Gasteiger partial charge in [0.25, 0.3) is 5.91 Å². The number of aromatic nitrogens is 2. The van der Waals surface area contributed by atoms with Crippen LogP contribution >= 0.6 is 31.9 Å². The van der Waals surface area contributed by atoms with Gasteiger partial charge in [-0.15, -0.1) is 0 Å². The van der Waals surface area contributed by atoms with E-state index in [1.165, 1.54) is 12.3 Å². The predicted molar refractivity (Wildman–Crippen MR) is 115 cm³/mol. The van der Waals surface area contributed by atoms with Crippen LogP contribution in [0.1, 0.15) is 26.5 Å². The molecule has 0 radical (unpaired) electrons. The van der Waals surface area contributed by atoms with Crippen LogP contribution in [-0.4, -0.2) is 34.1 Å². The summed E-state index contributed by atoms with van der Waals surface area (Å²) in [5.74, 6) is -0.415. The number of methoxy groups -OCH3 is 1. The standard InChI is InChI=1S/C14H13BrN2O2.C6H4BrNO2/c1-19-12-4-2-10(3-5-12)9-17-14(18)13-8-11(15)6-7-16-13;7-4-1-2-8-5(3-4)6(9)10/h2-8H,9H2,1H3,(H,17,18);1-3H,(H,9,10). The highest BCUT2D eigenvalue weighted by Gasteiger charge is 2.07. The molecule has 2 heterocycles. The van der Waals surface area contributed by atoms with E-state index in [2.05, 4.69) is 47.1 Å². The molecule has 0 bridgehead atoms. The van der Waals surface area contributed by atoms with Gasteiger partial charge in [0, 0.05) is 27.9 Å². The van der Waals surface area contributed by atoms with Crippen LogP contribution in [0, 0.1) is 0 Å². The minimum atomic E-state index is -1.01. The van der Waals surface area contributed by atoms with Gasteiger partial charge in [0.05, 0.1) is 7.11 Å². The molecule has 0 unspecified atom stereocenters. The largest absolute Gasteiger partial charge is 0.497 e. The molecular weight excluding hydrogens is 506 g/mol. The smallest absolute Gasteiger partial charge is 0.354 e.